The topological polar surface area (TPSA) is 38.8 Å². The van der Waals surface area contributed by atoms with Crippen molar-refractivity contribution in [3.8, 4) is 11.5 Å². The molecule has 1 amide bonds. The van der Waals surface area contributed by atoms with Gasteiger partial charge in [-0.05, 0) is 60.5 Å². The zero-order chi connectivity index (χ0) is 22.5. The van der Waals surface area contributed by atoms with E-state index in [4.69, 9.17) is 21.7 Å². The van der Waals surface area contributed by atoms with Crippen molar-refractivity contribution < 1.29 is 18.7 Å². The Morgan fingerprint density at radius 3 is 2.47 bits per heavy atom. The van der Waals surface area contributed by atoms with Crippen molar-refractivity contribution in [3.05, 3.63) is 94.6 Å². The average Bonchev–Trinajstić information content (AvgIpc) is 3.08. The van der Waals surface area contributed by atoms with E-state index >= 15 is 0 Å². The molecule has 0 spiro atoms. The number of nitrogens with zero attached hydrogens (tertiary/aromatic N) is 1. The van der Waals surface area contributed by atoms with Gasteiger partial charge in [0.25, 0.3) is 5.91 Å². The molecule has 0 unspecified atom stereocenters. The van der Waals surface area contributed by atoms with Crippen molar-refractivity contribution >= 4 is 46.0 Å². The maximum Gasteiger partial charge on any atom is 0.270 e. The van der Waals surface area contributed by atoms with E-state index in [1.165, 1.54) is 28.8 Å². The first-order chi connectivity index (χ1) is 15.5. The Morgan fingerprint density at radius 2 is 1.75 bits per heavy atom. The molecule has 1 aliphatic rings. The lowest BCUT2D eigenvalue weighted by Crippen LogP contribution is -2.27. The number of rotatable bonds is 7. The highest BCUT2D eigenvalue weighted by Crippen LogP contribution is 2.37. The number of hydrogen-bond acceptors (Lipinski definition) is 5. The number of para-hydroxylation sites is 1. The number of ether oxygens (including phenoxy) is 2. The Labute approximate surface area is 195 Å². The predicted octanol–water partition coefficient (Wildman–Crippen LogP) is 6.21. The standard InChI is InChI=1S/C25H20FNO3S2/c1-2-29-22-14-18(10-13-21(22)30-16-17-8-11-19(26)12-9-17)15-23-24(28)27(25(31)32-23)20-6-4-3-5-7-20/h3-15H,2,16H2,1H3/b23-15+. The molecule has 1 saturated heterocycles. The average molecular weight is 466 g/mol. The first kappa shape index (κ1) is 22.0. The lowest BCUT2D eigenvalue weighted by atomic mass is 10.1. The van der Waals surface area contributed by atoms with E-state index in [0.29, 0.717) is 27.3 Å². The summed E-state index contributed by atoms with van der Waals surface area (Å²) in [6.45, 7) is 2.64. The summed E-state index contributed by atoms with van der Waals surface area (Å²) in [7, 11) is 0. The number of anilines is 1. The number of carbonyl (C=O) groups is 1. The molecule has 3 aromatic carbocycles. The molecular weight excluding hydrogens is 445 g/mol. The first-order valence-electron chi connectivity index (χ1n) is 10.0. The van der Waals surface area contributed by atoms with Crippen molar-refractivity contribution in [1.29, 1.82) is 0 Å². The van der Waals surface area contributed by atoms with Gasteiger partial charge in [0.15, 0.2) is 15.8 Å². The highest BCUT2D eigenvalue weighted by atomic mass is 32.2. The Morgan fingerprint density at radius 1 is 1.00 bits per heavy atom. The van der Waals surface area contributed by atoms with Gasteiger partial charge in [-0.25, -0.2) is 4.39 Å². The summed E-state index contributed by atoms with van der Waals surface area (Å²) in [5, 5.41) is 0. The molecule has 1 aliphatic heterocycles. The molecule has 1 fully saturated rings. The van der Waals surface area contributed by atoms with E-state index in [0.717, 1.165) is 16.8 Å². The summed E-state index contributed by atoms with van der Waals surface area (Å²) in [4.78, 5) is 15.0. The summed E-state index contributed by atoms with van der Waals surface area (Å²) in [6.07, 6.45) is 1.80. The van der Waals surface area contributed by atoms with Crippen LogP contribution in [0.2, 0.25) is 0 Å². The fourth-order valence-corrected chi connectivity index (χ4v) is 4.46. The minimum atomic E-state index is -0.286. The first-order valence-corrected chi connectivity index (χ1v) is 11.2. The molecule has 162 valence electrons. The molecule has 0 aromatic heterocycles. The fraction of sp³-hybridized carbons (Fsp3) is 0.120. The van der Waals surface area contributed by atoms with Crippen molar-refractivity contribution in [2.24, 2.45) is 0 Å². The highest BCUT2D eigenvalue weighted by molar-refractivity contribution is 8.27. The maximum absolute atomic E-state index is 13.1. The monoisotopic (exact) mass is 465 g/mol. The molecule has 3 aromatic rings. The van der Waals surface area contributed by atoms with Gasteiger partial charge in [-0.15, -0.1) is 0 Å². The number of amides is 1. The Balaban J connectivity index is 1.54. The van der Waals surface area contributed by atoms with Crippen LogP contribution >= 0.6 is 24.0 Å². The molecule has 0 aliphatic carbocycles. The van der Waals surface area contributed by atoms with Gasteiger partial charge in [-0.3, -0.25) is 9.69 Å². The lowest BCUT2D eigenvalue weighted by Gasteiger charge is -2.14. The van der Waals surface area contributed by atoms with Gasteiger partial charge < -0.3 is 9.47 Å². The molecule has 7 heteroatoms. The third kappa shape index (κ3) is 5.00. The van der Waals surface area contributed by atoms with Crippen LogP contribution in [-0.4, -0.2) is 16.8 Å². The third-order valence-corrected chi connectivity index (χ3v) is 5.98. The number of thioether (sulfide) groups is 1. The number of halogens is 1. The second-order valence-electron chi connectivity index (χ2n) is 6.91. The molecule has 0 saturated carbocycles. The number of hydrogen-bond donors (Lipinski definition) is 0. The number of carbonyl (C=O) groups excluding carboxylic acids is 1. The van der Waals surface area contributed by atoms with Crippen LogP contribution < -0.4 is 14.4 Å². The van der Waals surface area contributed by atoms with Gasteiger partial charge in [-0.1, -0.05) is 60.4 Å². The molecule has 0 atom stereocenters. The maximum atomic E-state index is 13.1. The third-order valence-electron chi connectivity index (χ3n) is 4.68. The summed E-state index contributed by atoms with van der Waals surface area (Å²) < 4.78 is 25.2. The van der Waals surface area contributed by atoms with Gasteiger partial charge in [-0.2, -0.15) is 0 Å². The molecular formula is C25H20FNO3S2. The smallest absolute Gasteiger partial charge is 0.270 e. The van der Waals surface area contributed by atoms with Gasteiger partial charge in [0.2, 0.25) is 0 Å². The summed E-state index contributed by atoms with van der Waals surface area (Å²) in [6, 6.07) is 21.0. The van der Waals surface area contributed by atoms with E-state index < -0.39 is 0 Å². The summed E-state index contributed by atoms with van der Waals surface area (Å²) in [5.41, 5.74) is 2.40. The molecule has 0 radical (unpaired) electrons. The Hall–Kier alpha value is -3.16. The summed E-state index contributed by atoms with van der Waals surface area (Å²) in [5.74, 6) is 0.707. The quantitative estimate of drug-likeness (QED) is 0.306. The predicted molar refractivity (Wildman–Crippen MR) is 130 cm³/mol. The van der Waals surface area contributed by atoms with Gasteiger partial charge in [0.05, 0.1) is 17.2 Å². The molecule has 4 nitrogen and oxygen atoms in total. The van der Waals surface area contributed by atoms with Crippen LogP contribution in [0, 0.1) is 5.82 Å². The van der Waals surface area contributed by atoms with E-state index in [2.05, 4.69) is 0 Å². The minimum Gasteiger partial charge on any atom is -0.490 e. The van der Waals surface area contributed by atoms with Gasteiger partial charge in [0.1, 0.15) is 12.4 Å². The van der Waals surface area contributed by atoms with E-state index in [9.17, 15) is 9.18 Å². The van der Waals surface area contributed by atoms with Crippen LogP contribution in [-0.2, 0) is 11.4 Å². The van der Waals surface area contributed by atoms with Crippen LogP contribution in [0.15, 0.2) is 77.7 Å². The zero-order valence-corrected chi connectivity index (χ0v) is 18.9. The number of thiocarbonyl (C=S) groups is 1. The van der Waals surface area contributed by atoms with E-state index in [-0.39, 0.29) is 18.3 Å². The van der Waals surface area contributed by atoms with Gasteiger partial charge >= 0.3 is 0 Å². The minimum absolute atomic E-state index is 0.152. The summed E-state index contributed by atoms with van der Waals surface area (Å²) >= 11 is 6.70. The van der Waals surface area contributed by atoms with Crippen LogP contribution in [0.5, 0.6) is 11.5 Å². The van der Waals surface area contributed by atoms with Crippen LogP contribution in [0.3, 0.4) is 0 Å². The van der Waals surface area contributed by atoms with Crippen molar-refractivity contribution in [2.75, 3.05) is 11.5 Å². The SMILES string of the molecule is CCOc1cc(/C=C2/SC(=S)N(c3ccccc3)C2=O)ccc1OCc1ccc(F)cc1. The van der Waals surface area contributed by atoms with Crippen LogP contribution in [0.25, 0.3) is 6.08 Å². The van der Waals surface area contributed by atoms with Gasteiger partial charge in [0, 0.05) is 0 Å². The second kappa shape index (κ2) is 9.97. The van der Waals surface area contributed by atoms with Crippen LogP contribution in [0.4, 0.5) is 10.1 Å². The van der Waals surface area contributed by atoms with Crippen molar-refractivity contribution in [2.45, 2.75) is 13.5 Å². The lowest BCUT2D eigenvalue weighted by molar-refractivity contribution is -0.113. The number of benzene rings is 3. The molecule has 0 bridgehead atoms. The molecule has 0 N–H and O–H groups in total. The Kier molecular flexibility index (Phi) is 6.87. The largest absolute Gasteiger partial charge is 0.490 e. The van der Waals surface area contributed by atoms with E-state index in [1.54, 1.807) is 24.3 Å². The molecule has 1 heterocycles. The van der Waals surface area contributed by atoms with Crippen LogP contribution in [0.1, 0.15) is 18.1 Å². The highest BCUT2D eigenvalue weighted by Gasteiger charge is 2.33. The van der Waals surface area contributed by atoms with Crippen molar-refractivity contribution in [1.82, 2.24) is 0 Å². The normalized spacial score (nSPS) is 14.8. The van der Waals surface area contributed by atoms with E-state index in [1.807, 2.05) is 49.4 Å². The Bertz CT molecular complexity index is 1160. The molecule has 4 rings (SSSR count). The fourth-order valence-electron chi connectivity index (χ4n) is 3.16. The zero-order valence-electron chi connectivity index (χ0n) is 17.3. The molecule has 32 heavy (non-hydrogen) atoms. The van der Waals surface area contributed by atoms with Crippen molar-refractivity contribution in [3.63, 3.8) is 0 Å². The second-order valence-corrected chi connectivity index (χ2v) is 8.58.